The molecule has 0 saturated carbocycles. The Morgan fingerprint density at radius 2 is 1.67 bits per heavy atom. The molecule has 3 nitrogen and oxygen atoms in total. The number of hydrogen-bond acceptors (Lipinski definition) is 3. The van der Waals surface area contributed by atoms with Crippen LogP contribution in [0.15, 0.2) is 18.2 Å². The Morgan fingerprint density at radius 1 is 1.00 bits per heavy atom. The van der Waals surface area contributed by atoms with Gasteiger partial charge in [0, 0.05) is 0 Å². The van der Waals surface area contributed by atoms with Crippen LogP contribution in [0.3, 0.4) is 0 Å². The first kappa shape index (κ1) is 13.4. The van der Waals surface area contributed by atoms with E-state index in [1.807, 2.05) is 13.8 Å². The SMILES string of the molecule is Cc1nc(Cl)c(Nc2cccc(Cl)c2Cl)nc1C. The lowest BCUT2D eigenvalue weighted by atomic mass is 10.3. The fraction of sp³-hybridized carbons (Fsp3) is 0.167. The third-order valence-corrected chi connectivity index (χ3v) is 3.55. The summed E-state index contributed by atoms with van der Waals surface area (Å²) < 4.78 is 0. The summed E-state index contributed by atoms with van der Waals surface area (Å²) >= 11 is 18.0. The van der Waals surface area contributed by atoms with Gasteiger partial charge in [0.15, 0.2) is 11.0 Å². The molecule has 0 bridgehead atoms. The summed E-state index contributed by atoms with van der Waals surface area (Å²) in [5.41, 5.74) is 2.24. The molecule has 6 heteroatoms. The van der Waals surface area contributed by atoms with Crippen LogP contribution in [0.4, 0.5) is 11.5 Å². The number of anilines is 2. The molecule has 1 aromatic carbocycles. The lowest BCUT2D eigenvalue weighted by molar-refractivity contribution is 1.05. The van der Waals surface area contributed by atoms with E-state index in [1.54, 1.807) is 18.2 Å². The topological polar surface area (TPSA) is 37.8 Å². The van der Waals surface area contributed by atoms with Crippen molar-refractivity contribution in [1.82, 2.24) is 9.97 Å². The second-order valence-electron chi connectivity index (χ2n) is 3.76. The summed E-state index contributed by atoms with van der Waals surface area (Å²) in [4.78, 5) is 8.52. The maximum Gasteiger partial charge on any atom is 0.172 e. The average Bonchev–Trinajstić information content (AvgIpc) is 2.32. The van der Waals surface area contributed by atoms with Gasteiger partial charge in [-0.05, 0) is 26.0 Å². The maximum atomic E-state index is 6.08. The zero-order valence-corrected chi connectivity index (χ0v) is 12.0. The quantitative estimate of drug-likeness (QED) is 0.866. The standard InChI is InChI=1S/C12H10Cl3N3/c1-6-7(2)17-12(11(15)16-6)18-9-5-3-4-8(13)10(9)14/h3-5H,1-2H3,(H,17,18). The zero-order valence-electron chi connectivity index (χ0n) is 9.76. The van der Waals surface area contributed by atoms with E-state index in [0.717, 1.165) is 11.4 Å². The van der Waals surface area contributed by atoms with Gasteiger partial charge in [-0.2, -0.15) is 0 Å². The number of aryl methyl sites for hydroxylation is 2. The van der Waals surface area contributed by atoms with Gasteiger partial charge in [-0.25, -0.2) is 9.97 Å². The molecule has 0 radical (unpaired) electrons. The van der Waals surface area contributed by atoms with Crippen LogP contribution >= 0.6 is 34.8 Å². The van der Waals surface area contributed by atoms with Gasteiger partial charge in [0.25, 0.3) is 0 Å². The predicted molar refractivity (Wildman–Crippen MR) is 76.3 cm³/mol. The van der Waals surface area contributed by atoms with Crippen LogP contribution in [0.5, 0.6) is 0 Å². The van der Waals surface area contributed by atoms with Crippen LogP contribution in [0.25, 0.3) is 0 Å². The van der Waals surface area contributed by atoms with E-state index >= 15 is 0 Å². The Bertz CT molecular complexity index is 599. The number of nitrogens with zero attached hydrogens (tertiary/aromatic N) is 2. The minimum atomic E-state index is 0.300. The molecular formula is C12H10Cl3N3. The first-order valence-electron chi connectivity index (χ1n) is 5.21. The van der Waals surface area contributed by atoms with Crippen molar-refractivity contribution in [3.05, 3.63) is 44.8 Å². The lowest BCUT2D eigenvalue weighted by Gasteiger charge is -2.11. The molecule has 0 aliphatic heterocycles. The highest BCUT2D eigenvalue weighted by Crippen LogP contribution is 2.32. The number of aromatic nitrogens is 2. The van der Waals surface area contributed by atoms with Crippen molar-refractivity contribution in [3.63, 3.8) is 0 Å². The van der Waals surface area contributed by atoms with Crippen molar-refractivity contribution in [2.75, 3.05) is 5.32 Å². The second kappa shape index (κ2) is 5.31. The minimum Gasteiger partial charge on any atom is -0.336 e. The molecule has 94 valence electrons. The molecule has 0 amide bonds. The van der Waals surface area contributed by atoms with Gasteiger partial charge >= 0.3 is 0 Å². The van der Waals surface area contributed by atoms with Crippen molar-refractivity contribution in [3.8, 4) is 0 Å². The Balaban J connectivity index is 2.40. The first-order valence-corrected chi connectivity index (χ1v) is 6.34. The van der Waals surface area contributed by atoms with E-state index in [4.69, 9.17) is 34.8 Å². The third-order valence-electron chi connectivity index (χ3n) is 2.47. The first-order chi connectivity index (χ1) is 8.49. The number of benzene rings is 1. The third kappa shape index (κ3) is 2.69. The van der Waals surface area contributed by atoms with Gasteiger partial charge in [0.1, 0.15) is 0 Å². The van der Waals surface area contributed by atoms with E-state index in [1.165, 1.54) is 0 Å². The molecule has 0 aliphatic rings. The molecule has 0 aliphatic carbocycles. The van der Waals surface area contributed by atoms with Gasteiger partial charge in [-0.15, -0.1) is 0 Å². The van der Waals surface area contributed by atoms with Gasteiger partial charge < -0.3 is 5.32 Å². The van der Waals surface area contributed by atoms with E-state index in [9.17, 15) is 0 Å². The summed E-state index contributed by atoms with van der Waals surface area (Å²) in [6.45, 7) is 3.72. The molecule has 1 heterocycles. The fourth-order valence-corrected chi connectivity index (χ4v) is 1.95. The minimum absolute atomic E-state index is 0.300. The Kier molecular flexibility index (Phi) is 3.95. The van der Waals surface area contributed by atoms with Gasteiger partial charge in [0.2, 0.25) is 0 Å². The van der Waals surface area contributed by atoms with Gasteiger partial charge in [-0.1, -0.05) is 40.9 Å². The Morgan fingerprint density at radius 3 is 2.39 bits per heavy atom. The number of halogens is 3. The summed E-state index contributed by atoms with van der Waals surface area (Å²) in [7, 11) is 0. The molecule has 2 rings (SSSR count). The van der Waals surface area contributed by atoms with E-state index in [2.05, 4.69) is 15.3 Å². The highest BCUT2D eigenvalue weighted by Gasteiger charge is 2.10. The van der Waals surface area contributed by atoms with Crippen LogP contribution in [-0.4, -0.2) is 9.97 Å². The zero-order chi connectivity index (χ0) is 13.3. The number of hydrogen-bond donors (Lipinski definition) is 1. The van der Waals surface area contributed by atoms with E-state index in [0.29, 0.717) is 26.7 Å². The molecule has 2 aromatic rings. The average molecular weight is 303 g/mol. The molecule has 0 spiro atoms. The van der Waals surface area contributed by atoms with Crippen molar-refractivity contribution in [2.24, 2.45) is 0 Å². The van der Waals surface area contributed by atoms with E-state index in [-0.39, 0.29) is 0 Å². The maximum absolute atomic E-state index is 6.08. The molecule has 1 aromatic heterocycles. The lowest BCUT2D eigenvalue weighted by Crippen LogP contribution is -2.01. The summed E-state index contributed by atoms with van der Waals surface area (Å²) in [6, 6.07) is 5.29. The Hall–Kier alpha value is -1.03. The second-order valence-corrected chi connectivity index (χ2v) is 4.90. The summed E-state index contributed by atoms with van der Waals surface area (Å²) in [5.74, 6) is 0.462. The molecule has 0 saturated heterocycles. The monoisotopic (exact) mass is 301 g/mol. The highest BCUT2D eigenvalue weighted by molar-refractivity contribution is 6.43. The van der Waals surface area contributed by atoms with Crippen molar-refractivity contribution >= 4 is 46.3 Å². The molecule has 0 unspecified atom stereocenters. The van der Waals surface area contributed by atoms with Crippen molar-refractivity contribution in [1.29, 1.82) is 0 Å². The van der Waals surface area contributed by atoms with E-state index < -0.39 is 0 Å². The summed E-state index contributed by atoms with van der Waals surface area (Å²) in [6.07, 6.45) is 0. The Labute approximate surface area is 120 Å². The van der Waals surface area contributed by atoms with Crippen LogP contribution in [0.1, 0.15) is 11.4 Å². The highest BCUT2D eigenvalue weighted by atomic mass is 35.5. The predicted octanol–water partition coefficient (Wildman–Crippen LogP) is 4.80. The van der Waals surface area contributed by atoms with Crippen LogP contribution in [0.2, 0.25) is 15.2 Å². The normalized spacial score (nSPS) is 10.5. The van der Waals surface area contributed by atoms with Crippen molar-refractivity contribution in [2.45, 2.75) is 13.8 Å². The number of rotatable bonds is 2. The molecule has 0 fully saturated rings. The largest absolute Gasteiger partial charge is 0.336 e. The van der Waals surface area contributed by atoms with Crippen molar-refractivity contribution < 1.29 is 0 Å². The molecule has 1 N–H and O–H groups in total. The van der Waals surface area contributed by atoms with Crippen LogP contribution in [-0.2, 0) is 0 Å². The van der Waals surface area contributed by atoms with Crippen LogP contribution in [0, 0.1) is 13.8 Å². The fourth-order valence-electron chi connectivity index (χ4n) is 1.38. The molecule has 0 atom stereocenters. The summed E-state index contributed by atoms with van der Waals surface area (Å²) in [5, 5.41) is 4.22. The van der Waals surface area contributed by atoms with Gasteiger partial charge in [-0.3, -0.25) is 0 Å². The van der Waals surface area contributed by atoms with Gasteiger partial charge in [0.05, 0.1) is 27.1 Å². The smallest absolute Gasteiger partial charge is 0.172 e. The molecular weight excluding hydrogens is 293 g/mol. The van der Waals surface area contributed by atoms with Crippen LogP contribution < -0.4 is 5.32 Å². The number of nitrogens with one attached hydrogen (secondary N) is 1. The molecule has 18 heavy (non-hydrogen) atoms.